The van der Waals surface area contributed by atoms with Crippen LogP contribution in [0, 0.1) is 5.82 Å². The van der Waals surface area contributed by atoms with Crippen molar-refractivity contribution < 1.29 is 13.9 Å². The second kappa shape index (κ2) is 5.85. The molecule has 0 aliphatic heterocycles. The number of benzene rings is 2. The molecule has 0 fully saturated rings. The van der Waals surface area contributed by atoms with Gasteiger partial charge in [0.25, 0.3) is 0 Å². The lowest BCUT2D eigenvalue weighted by Gasteiger charge is -2.14. The van der Waals surface area contributed by atoms with Crippen LogP contribution in [0.5, 0.6) is 5.75 Å². The number of hydrogen-bond donors (Lipinski definition) is 0. The van der Waals surface area contributed by atoms with E-state index in [9.17, 15) is 9.18 Å². The number of ketones is 1. The number of carbonyl (C=O) groups is 1. The molecule has 0 aliphatic rings. The summed E-state index contributed by atoms with van der Waals surface area (Å²) in [5.74, 6) is -0.305. The van der Waals surface area contributed by atoms with Crippen molar-refractivity contribution in [2.24, 2.45) is 0 Å². The molecule has 2 aromatic rings. The van der Waals surface area contributed by atoms with Gasteiger partial charge in [-0.05, 0) is 25.1 Å². The fourth-order valence-electron chi connectivity index (χ4n) is 1.65. The van der Waals surface area contributed by atoms with E-state index in [0.29, 0.717) is 11.3 Å². The Kier molecular flexibility index (Phi) is 4.17. The van der Waals surface area contributed by atoms with Gasteiger partial charge in [-0.2, -0.15) is 0 Å². The predicted molar refractivity (Wildman–Crippen MR) is 72.3 cm³/mol. The Bertz CT molecular complexity index is 584. The lowest BCUT2D eigenvalue weighted by atomic mass is 10.1. The van der Waals surface area contributed by atoms with Gasteiger partial charge in [0.1, 0.15) is 11.6 Å². The summed E-state index contributed by atoms with van der Waals surface area (Å²) in [5.41, 5.74) is 0.563. The van der Waals surface area contributed by atoms with Gasteiger partial charge in [-0.1, -0.05) is 41.9 Å². The van der Waals surface area contributed by atoms with Crippen LogP contribution >= 0.6 is 11.6 Å². The third kappa shape index (κ3) is 3.32. The fraction of sp³-hybridized carbons (Fsp3) is 0.133. The van der Waals surface area contributed by atoms with Crippen molar-refractivity contribution in [1.29, 1.82) is 0 Å². The van der Waals surface area contributed by atoms with Gasteiger partial charge in [-0.15, -0.1) is 0 Å². The molecular formula is C15H12ClFO2. The van der Waals surface area contributed by atoms with Crippen molar-refractivity contribution in [3.8, 4) is 5.75 Å². The van der Waals surface area contributed by atoms with Crippen molar-refractivity contribution in [1.82, 2.24) is 0 Å². The van der Waals surface area contributed by atoms with E-state index in [1.807, 2.05) is 6.07 Å². The molecule has 0 unspecified atom stereocenters. The van der Waals surface area contributed by atoms with Gasteiger partial charge in [0.05, 0.1) is 5.02 Å². The molecular weight excluding hydrogens is 267 g/mol. The molecule has 98 valence electrons. The standard InChI is InChI=1S/C15H12ClFO2/c1-10(15(18)11-5-3-2-4-6-11)19-14-8-7-12(17)9-13(14)16/h2-10H,1H3/t10-/m0/s1. The molecule has 0 aliphatic carbocycles. The molecule has 0 amide bonds. The minimum Gasteiger partial charge on any atom is -0.481 e. The van der Waals surface area contributed by atoms with Crippen LogP contribution in [-0.2, 0) is 0 Å². The zero-order chi connectivity index (χ0) is 13.8. The van der Waals surface area contributed by atoms with Crippen molar-refractivity contribution in [2.45, 2.75) is 13.0 Å². The summed E-state index contributed by atoms with van der Waals surface area (Å²) in [7, 11) is 0. The summed E-state index contributed by atoms with van der Waals surface area (Å²) in [5, 5.41) is 0.146. The molecule has 0 heterocycles. The summed E-state index contributed by atoms with van der Waals surface area (Å²) in [4.78, 5) is 12.1. The molecule has 0 spiro atoms. The topological polar surface area (TPSA) is 26.3 Å². The largest absolute Gasteiger partial charge is 0.481 e. The number of Topliss-reactive ketones (excluding diaryl/α,β-unsaturated/α-hetero) is 1. The Balaban J connectivity index is 2.13. The Morgan fingerprint density at radius 1 is 1.21 bits per heavy atom. The quantitative estimate of drug-likeness (QED) is 0.786. The number of ether oxygens (including phenoxy) is 1. The Labute approximate surface area is 115 Å². The van der Waals surface area contributed by atoms with Crippen LogP contribution in [0.4, 0.5) is 4.39 Å². The predicted octanol–water partition coefficient (Wildman–Crippen LogP) is 4.13. The van der Waals surface area contributed by atoms with E-state index >= 15 is 0 Å². The van der Waals surface area contributed by atoms with Crippen molar-refractivity contribution >= 4 is 17.4 Å². The van der Waals surface area contributed by atoms with Gasteiger partial charge >= 0.3 is 0 Å². The molecule has 19 heavy (non-hydrogen) atoms. The molecule has 1 atom stereocenters. The van der Waals surface area contributed by atoms with E-state index in [1.165, 1.54) is 12.1 Å². The van der Waals surface area contributed by atoms with Crippen molar-refractivity contribution in [3.05, 3.63) is 64.9 Å². The van der Waals surface area contributed by atoms with Gasteiger partial charge in [-0.3, -0.25) is 4.79 Å². The first kappa shape index (κ1) is 13.6. The third-order valence-electron chi connectivity index (χ3n) is 2.63. The summed E-state index contributed by atoms with van der Waals surface area (Å²) < 4.78 is 18.4. The highest BCUT2D eigenvalue weighted by Gasteiger charge is 2.17. The molecule has 0 bridgehead atoms. The molecule has 0 radical (unpaired) electrons. The normalized spacial score (nSPS) is 11.9. The highest BCUT2D eigenvalue weighted by Crippen LogP contribution is 2.26. The van der Waals surface area contributed by atoms with Gasteiger partial charge in [-0.25, -0.2) is 4.39 Å². The van der Waals surface area contributed by atoms with Crippen molar-refractivity contribution in [3.63, 3.8) is 0 Å². The first-order valence-corrected chi connectivity index (χ1v) is 6.16. The number of carbonyl (C=O) groups excluding carboxylic acids is 1. The van der Waals surface area contributed by atoms with E-state index in [4.69, 9.17) is 16.3 Å². The van der Waals surface area contributed by atoms with Crippen LogP contribution in [0.3, 0.4) is 0 Å². The SMILES string of the molecule is C[C@H](Oc1ccc(F)cc1Cl)C(=O)c1ccccc1. The average molecular weight is 279 g/mol. The molecule has 2 aromatic carbocycles. The maximum absolute atomic E-state index is 12.9. The van der Waals surface area contributed by atoms with Crippen LogP contribution in [-0.4, -0.2) is 11.9 Å². The number of hydrogen-bond acceptors (Lipinski definition) is 2. The Hall–Kier alpha value is -1.87. The summed E-state index contributed by atoms with van der Waals surface area (Å²) in [6.45, 7) is 1.63. The lowest BCUT2D eigenvalue weighted by Crippen LogP contribution is -2.24. The van der Waals surface area contributed by atoms with Gasteiger partial charge in [0, 0.05) is 5.56 Å². The highest BCUT2D eigenvalue weighted by molar-refractivity contribution is 6.32. The van der Waals surface area contributed by atoms with Crippen LogP contribution in [0.2, 0.25) is 5.02 Å². The van der Waals surface area contributed by atoms with Crippen LogP contribution < -0.4 is 4.74 Å². The monoisotopic (exact) mass is 278 g/mol. The molecule has 2 nitrogen and oxygen atoms in total. The van der Waals surface area contributed by atoms with Crippen LogP contribution in [0.1, 0.15) is 17.3 Å². The zero-order valence-electron chi connectivity index (χ0n) is 10.3. The summed E-state index contributed by atoms with van der Waals surface area (Å²) >= 11 is 5.85. The second-order valence-corrected chi connectivity index (χ2v) is 4.47. The summed E-state index contributed by atoms with van der Waals surface area (Å²) in [6, 6.07) is 12.6. The van der Waals surface area contributed by atoms with Crippen molar-refractivity contribution in [2.75, 3.05) is 0 Å². The van der Waals surface area contributed by atoms with E-state index < -0.39 is 11.9 Å². The second-order valence-electron chi connectivity index (χ2n) is 4.07. The molecule has 4 heteroatoms. The fourth-order valence-corrected chi connectivity index (χ4v) is 1.86. The molecule has 0 aromatic heterocycles. The van der Waals surface area contributed by atoms with E-state index in [-0.39, 0.29) is 10.8 Å². The first-order valence-electron chi connectivity index (χ1n) is 5.79. The van der Waals surface area contributed by atoms with E-state index in [2.05, 4.69) is 0 Å². The average Bonchev–Trinajstić information content (AvgIpc) is 2.42. The molecule has 2 rings (SSSR count). The number of halogens is 2. The van der Waals surface area contributed by atoms with Crippen LogP contribution in [0.15, 0.2) is 48.5 Å². The number of rotatable bonds is 4. The van der Waals surface area contributed by atoms with Crippen LogP contribution in [0.25, 0.3) is 0 Å². The first-order chi connectivity index (χ1) is 9.08. The smallest absolute Gasteiger partial charge is 0.202 e. The molecule has 0 saturated heterocycles. The van der Waals surface area contributed by atoms with Gasteiger partial charge in [0.2, 0.25) is 5.78 Å². The minimum atomic E-state index is -0.689. The highest BCUT2D eigenvalue weighted by atomic mass is 35.5. The lowest BCUT2D eigenvalue weighted by molar-refractivity contribution is 0.0818. The summed E-state index contributed by atoms with van der Waals surface area (Å²) in [6.07, 6.45) is -0.689. The van der Waals surface area contributed by atoms with E-state index in [1.54, 1.807) is 31.2 Å². The maximum atomic E-state index is 12.9. The third-order valence-corrected chi connectivity index (χ3v) is 2.92. The zero-order valence-corrected chi connectivity index (χ0v) is 11.0. The molecule has 0 saturated carbocycles. The molecule has 0 N–H and O–H groups in total. The minimum absolute atomic E-state index is 0.146. The maximum Gasteiger partial charge on any atom is 0.202 e. The van der Waals surface area contributed by atoms with E-state index in [0.717, 1.165) is 6.07 Å². The van der Waals surface area contributed by atoms with Gasteiger partial charge in [0.15, 0.2) is 6.10 Å². The Morgan fingerprint density at radius 3 is 2.53 bits per heavy atom. The Morgan fingerprint density at radius 2 is 1.89 bits per heavy atom. The van der Waals surface area contributed by atoms with Gasteiger partial charge < -0.3 is 4.74 Å².